The van der Waals surface area contributed by atoms with Crippen LogP contribution in [0, 0.1) is 5.92 Å². The lowest BCUT2D eigenvalue weighted by molar-refractivity contribution is -0.165. The number of rotatable bonds is 6. The van der Waals surface area contributed by atoms with Crippen LogP contribution in [0.5, 0.6) is 0 Å². The number of aromatic nitrogens is 2. The van der Waals surface area contributed by atoms with Gasteiger partial charge >= 0.3 is 23.6 Å². The molecule has 12 nitrogen and oxygen atoms in total. The average molecular weight is 423 g/mol. The van der Waals surface area contributed by atoms with E-state index in [2.05, 4.69) is 4.98 Å². The van der Waals surface area contributed by atoms with Gasteiger partial charge in [-0.25, -0.2) is 14.4 Å². The van der Waals surface area contributed by atoms with Crippen LogP contribution < -0.4 is 11.2 Å². The molecule has 3 heterocycles. The summed E-state index contributed by atoms with van der Waals surface area (Å²) in [5, 5.41) is 8.89. The Labute approximate surface area is 170 Å². The highest BCUT2D eigenvalue weighted by Crippen LogP contribution is 2.34. The van der Waals surface area contributed by atoms with Gasteiger partial charge in [-0.2, -0.15) is 4.98 Å². The molecule has 2 N–H and O–H groups in total. The maximum Gasteiger partial charge on any atom is 0.351 e. The molecule has 4 atom stereocenters. The minimum absolute atomic E-state index is 0.0797. The fraction of sp³-hybridized carbons (Fsp3) is 0.500. The van der Waals surface area contributed by atoms with Crippen molar-refractivity contribution in [1.82, 2.24) is 9.55 Å². The number of carbonyl (C=O) groups excluding carboxylic acids is 3. The molecule has 0 unspecified atom stereocenters. The van der Waals surface area contributed by atoms with E-state index in [9.17, 15) is 19.2 Å². The number of anilines is 1. The van der Waals surface area contributed by atoms with Crippen LogP contribution >= 0.6 is 0 Å². The molecule has 1 fully saturated rings. The first-order chi connectivity index (χ1) is 14.3. The van der Waals surface area contributed by atoms with E-state index in [1.54, 1.807) is 5.48 Å². The molecule has 30 heavy (non-hydrogen) atoms. The van der Waals surface area contributed by atoms with E-state index in [1.807, 2.05) is 13.8 Å². The topological polar surface area (TPSA) is 155 Å². The Kier molecular flexibility index (Phi) is 6.47. The molecule has 0 bridgehead atoms. The molecular weight excluding hydrogens is 402 g/mol. The number of esters is 3. The van der Waals surface area contributed by atoms with Gasteiger partial charge in [-0.15, -0.1) is 0 Å². The molecule has 0 aromatic carbocycles. The van der Waals surface area contributed by atoms with Gasteiger partial charge < -0.3 is 18.9 Å². The molecule has 1 aromatic heterocycles. The predicted octanol–water partition coefficient (Wildman–Crippen LogP) is -0.0755. The highest BCUT2D eigenvalue weighted by molar-refractivity contribution is 5.92. The molecule has 3 rings (SSSR count). The standard InChI is InChI=1S/C18H21N3O9/c1-9(2)7-14(24)27-8-10-15-16(30-13(23)4-3-12(22)29-15)17(28-10)21-6-5-11(20-26)19-18(21)25/h3-6,9-10,15-17,26H,7-8H2,1-2H3,(H,19,20,25)/b4-3-/t10-,15-,16-,17-/m1/s1. The van der Waals surface area contributed by atoms with Gasteiger partial charge in [0.15, 0.2) is 24.3 Å². The first-order valence-corrected chi connectivity index (χ1v) is 9.18. The van der Waals surface area contributed by atoms with E-state index >= 15 is 0 Å². The summed E-state index contributed by atoms with van der Waals surface area (Å²) < 4.78 is 22.7. The molecule has 0 aliphatic carbocycles. The summed E-state index contributed by atoms with van der Waals surface area (Å²) in [7, 11) is 0. The fourth-order valence-electron chi connectivity index (χ4n) is 3.05. The third-order valence-corrected chi connectivity index (χ3v) is 4.35. The van der Waals surface area contributed by atoms with Crippen LogP contribution in [0.25, 0.3) is 0 Å². The zero-order valence-electron chi connectivity index (χ0n) is 16.2. The quantitative estimate of drug-likeness (QED) is 0.359. The van der Waals surface area contributed by atoms with Crippen molar-refractivity contribution in [3.63, 3.8) is 0 Å². The molecule has 162 valence electrons. The number of carbonyl (C=O) groups is 3. The lowest BCUT2D eigenvalue weighted by Crippen LogP contribution is -2.43. The highest BCUT2D eigenvalue weighted by Gasteiger charge is 2.51. The van der Waals surface area contributed by atoms with E-state index in [-0.39, 0.29) is 24.8 Å². The molecule has 0 radical (unpaired) electrons. The van der Waals surface area contributed by atoms with Crippen LogP contribution in [-0.4, -0.2) is 57.6 Å². The lowest BCUT2D eigenvalue weighted by Gasteiger charge is -2.25. The van der Waals surface area contributed by atoms with Crippen molar-refractivity contribution in [2.75, 3.05) is 12.1 Å². The highest BCUT2D eigenvalue weighted by atomic mass is 16.7. The zero-order chi connectivity index (χ0) is 21.8. The van der Waals surface area contributed by atoms with Crippen molar-refractivity contribution in [2.45, 2.75) is 44.8 Å². The van der Waals surface area contributed by atoms with Crippen LogP contribution in [0.2, 0.25) is 0 Å². The first kappa shape index (κ1) is 21.5. The fourth-order valence-corrected chi connectivity index (χ4v) is 3.05. The van der Waals surface area contributed by atoms with E-state index in [0.717, 1.165) is 16.7 Å². The van der Waals surface area contributed by atoms with Gasteiger partial charge in [0.2, 0.25) is 0 Å². The van der Waals surface area contributed by atoms with Gasteiger partial charge in [0.05, 0.1) is 0 Å². The smallest absolute Gasteiger partial charge is 0.351 e. The summed E-state index contributed by atoms with van der Waals surface area (Å²) in [6.07, 6.45) is -1.30. The van der Waals surface area contributed by atoms with Crippen LogP contribution in [0.15, 0.2) is 29.2 Å². The molecular formula is C18H21N3O9. The molecule has 2 aliphatic rings. The number of nitrogens with zero attached hydrogens (tertiary/aromatic N) is 2. The van der Waals surface area contributed by atoms with Gasteiger partial charge in [-0.05, 0) is 12.0 Å². The second-order valence-electron chi connectivity index (χ2n) is 7.10. The number of nitrogens with one attached hydrogen (secondary N) is 1. The number of ether oxygens (including phenoxy) is 4. The summed E-state index contributed by atoms with van der Waals surface area (Å²) in [5.41, 5.74) is 0.920. The van der Waals surface area contributed by atoms with Gasteiger partial charge in [-0.1, -0.05) is 13.8 Å². The molecule has 1 saturated heterocycles. The summed E-state index contributed by atoms with van der Waals surface area (Å²) in [6.45, 7) is 3.42. The number of fused-ring (bicyclic) bond motifs is 1. The van der Waals surface area contributed by atoms with Gasteiger partial charge in [0, 0.05) is 24.8 Å². The number of hydrogen-bond donors (Lipinski definition) is 2. The second kappa shape index (κ2) is 9.05. The van der Waals surface area contributed by atoms with Crippen molar-refractivity contribution in [2.24, 2.45) is 5.92 Å². The normalized spacial score (nSPS) is 26.8. The molecule has 0 spiro atoms. The zero-order valence-corrected chi connectivity index (χ0v) is 16.2. The van der Waals surface area contributed by atoms with E-state index in [0.29, 0.717) is 0 Å². The Bertz CT molecular complexity index is 910. The monoisotopic (exact) mass is 423 g/mol. The van der Waals surface area contributed by atoms with Crippen LogP contribution in [-0.2, 0) is 33.3 Å². The Balaban J connectivity index is 1.88. The number of hydrogen-bond acceptors (Lipinski definition) is 11. The lowest BCUT2D eigenvalue weighted by atomic mass is 10.1. The van der Waals surface area contributed by atoms with Crippen LogP contribution in [0.3, 0.4) is 0 Å². The van der Waals surface area contributed by atoms with Crippen LogP contribution in [0.4, 0.5) is 5.82 Å². The van der Waals surface area contributed by atoms with E-state index in [4.69, 9.17) is 24.2 Å². The van der Waals surface area contributed by atoms with Crippen LogP contribution in [0.1, 0.15) is 26.5 Å². The Morgan fingerprint density at radius 2 is 1.90 bits per heavy atom. The Morgan fingerprint density at radius 3 is 2.50 bits per heavy atom. The Morgan fingerprint density at radius 1 is 1.23 bits per heavy atom. The summed E-state index contributed by atoms with van der Waals surface area (Å²) in [6, 6.07) is 1.28. The van der Waals surface area contributed by atoms with Gasteiger partial charge in [-0.3, -0.25) is 20.0 Å². The van der Waals surface area contributed by atoms with Gasteiger partial charge in [0.25, 0.3) is 0 Å². The third kappa shape index (κ3) is 4.83. The van der Waals surface area contributed by atoms with Gasteiger partial charge in [0.1, 0.15) is 12.7 Å². The van der Waals surface area contributed by atoms with Crippen molar-refractivity contribution in [1.29, 1.82) is 0 Å². The maximum absolute atomic E-state index is 12.3. The molecule has 12 heteroatoms. The molecule has 2 aliphatic heterocycles. The third-order valence-electron chi connectivity index (χ3n) is 4.35. The molecule has 0 saturated carbocycles. The second-order valence-corrected chi connectivity index (χ2v) is 7.10. The SMILES string of the molecule is CC(C)CC(=O)OC[C@H]1O[C@@H](n2ccc(NO)nc2=O)[C@@H]2OC(=O)/C=C\C(=O)O[C@@H]21. The maximum atomic E-state index is 12.3. The largest absolute Gasteiger partial charge is 0.463 e. The van der Waals surface area contributed by atoms with E-state index < -0.39 is 48.1 Å². The van der Waals surface area contributed by atoms with Crippen molar-refractivity contribution in [3.8, 4) is 0 Å². The average Bonchev–Trinajstić information content (AvgIpc) is 2.99. The molecule has 0 amide bonds. The Hall–Kier alpha value is -3.25. The van der Waals surface area contributed by atoms with Crippen molar-refractivity contribution >= 4 is 23.7 Å². The predicted molar refractivity (Wildman–Crippen MR) is 97.1 cm³/mol. The summed E-state index contributed by atoms with van der Waals surface area (Å²) >= 11 is 0. The summed E-state index contributed by atoms with van der Waals surface area (Å²) in [5.74, 6) is -2.14. The minimum atomic E-state index is -1.21. The minimum Gasteiger partial charge on any atom is -0.463 e. The molecule has 1 aromatic rings. The van der Waals surface area contributed by atoms with Crippen molar-refractivity contribution in [3.05, 3.63) is 34.9 Å². The first-order valence-electron chi connectivity index (χ1n) is 9.18. The summed E-state index contributed by atoms with van der Waals surface area (Å²) in [4.78, 5) is 51.8. The van der Waals surface area contributed by atoms with E-state index in [1.165, 1.54) is 12.3 Å². The van der Waals surface area contributed by atoms with Crippen molar-refractivity contribution < 1.29 is 38.5 Å².